The largest absolute Gasteiger partial charge is 0.493 e. The van der Waals surface area contributed by atoms with E-state index in [0.717, 1.165) is 12.0 Å². The van der Waals surface area contributed by atoms with Crippen molar-refractivity contribution in [1.29, 1.82) is 0 Å². The Labute approximate surface area is 154 Å². The number of hydrogen-bond acceptors (Lipinski definition) is 5. The topological polar surface area (TPSA) is 54.0 Å². The fraction of sp³-hybridized carbons (Fsp3) is 0.286. The van der Waals surface area contributed by atoms with Crippen LogP contribution >= 0.6 is 0 Å². The van der Waals surface area contributed by atoms with E-state index in [1.165, 1.54) is 7.11 Å². The predicted molar refractivity (Wildman–Crippen MR) is 101 cm³/mol. The molecule has 5 heteroatoms. The molecule has 0 fully saturated rings. The third kappa shape index (κ3) is 4.36. The Morgan fingerprint density at radius 3 is 2.19 bits per heavy atom. The average molecular weight is 356 g/mol. The molecule has 0 aliphatic rings. The second-order valence-corrected chi connectivity index (χ2v) is 5.67. The van der Waals surface area contributed by atoms with E-state index in [1.807, 2.05) is 18.2 Å². The molecule has 0 saturated carbocycles. The minimum atomic E-state index is -0.688. The Kier molecular flexibility index (Phi) is 6.67. The van der Waals surface area contributed by atoms with Gasteiger partial charge in [-0.25, -0.2) is 0 Å². The van der Waals surface area contributed by atoms with Crippen molar-refractivity contribution in [3.05, 3.63) is 60.2 Å². The lowest BCUT2D eigenvalue weighted by molar-refractivity contribution is 0.0813. The van der Waals surface area contributed by atoms with Gasteiger partial charge >= 0.3 is 0 Å². The van der Waals surface area contributed by atoms with Gasteiger partial charge < -0.3 is 18.9 Å². The van der Waals surface area contributed by atoms with Gasteiger partial charge in [0.05, 0.1) is 21.3 Å². The summed E-state index contributed by atoms with van der Waals surface area (Å²) < 4.78 is 21.7. The molecule has 0 heterocycles. The molecule has 2 rings (SSSR count). The maximum atomic E-state index is 12.7. The summed E-state index contributed by atoms with van der Waals surface area (Å²) in [6.07, 6.45) is 1.86. The average Bonchev–Trinajstić information content (AvgIpc) is 2.67. The molecule has 0 unspecified atom stereocenters. The van der Waals surface area contributed by atoms with E-state index >= 15 is 0 Å². The number of ether oxygens (including phenoxy) is 4. The zero-order chi connectivity index (χ0) is 19.1. The molecule has 138 valence electrons. The maximum absolute atomic E-state index is 12.7. The van der Waals surface area contributed by atoms with E-state index in [-0.39, 0.29) is 5.78 Å². The monoisotopic (exact) mass is 356 g/mol. The van der Waals surface area contributed by atoms with Gasteiger partial charge in [0.1, 0.15) is 0 Å². The summed E-state index contributed by atoms with van der Waals surface area (Å²) in [6.45, 7) is 5.43. The minimum absolute atomic E-state index is 0.164. The number of ketones is 1. The first-order valence-electron chi connectivity index (χ1n) is 8.24. The molecule has 5 nitrogen and oxygen atoms in total. The lowest BCUT2D eigenvalue weighted by atomic mass is 10.1. The molecule has 2 aromatic rings. The fourth-order valence-corrected chi connectivity index (χ4v) is 2.57. The molecular formula is C21H24O5. The van der Waals surface area contributed by atoms with Gasteiger partial charge in [0.2, 0.25) is 5.78 Å². The predicted octanol–water partition coefficient (Wildman–Crippen LogP) is 4.09. The summed E-state index contributed by atoms with van der Waals surface area (Å²) in [6, 6.07) is 10.6. The number of Topliss-reactive ketones (excluding diaryl/α,β-unsaturated/α-hetero) is 1. The molecule has 0 bridgehead atoms. The third-order valence-corrected chi connectivity index (χ3v) is 3.95. The number of methoxy groups -OCH3 is 3. The van der Waals surface area contributed by atoms with E-state index in [4.69, 9.17) is 18.9 Å². The molecule has 2 aromatic carbocycles. The van der Waals surface area contributed by atoms with E-state index < -0.39 is 6.10 Å². The molecule has 0 saturated heterocycles. The highest BCUT2D eigenvalue weighted by molar-refractivity contribution is 6.00. The molecule has 0 N–H and O–H groups in total. The van der Waals surface area contributed by atoms with Crippen molar-refractivity contribution in [3.63, 3.8) is 0 Å². The van der Waals surface area contributed by atoms with Crippen LogP contribution in [0, 0.1) is 0 Å². The van der Waals surface area contributed by atoms with E-state index in [2.05, 4.69) is 6.58 Å². The van der Waals surface area contributed by atoms with E-state index in [9.17, 15) is 4.79 Å². The zero-order valence-electron chi connectivity index (χ0n) is 15.6. The number of hydrogen-bond donors (Lipinski definition) is 0. The minimum Gasteiger partial charge on any atom is -0.493 e. The van der Waals surface area contributed by atoms with E-state index in [0.29, 0.717) is 28.6 Å². The van der Waals surface area contributed by atoms with Gasteiger partial charge in [0, 0.05) is 5.56 Å². The Morgan fingerprint density at radius 2 is 1.58 bits per heavy atom. The fourth-order valence-electron chi connectivity index (χ4n) is 2.57. The van der Waals surface area contributed by atoms with E-state index in [1.54, 1.807) is 45.4 Å². The lowest BCUT2D eigenvalue weighted by Gasteiger charge is -2.17. The second-order valence-electron chi connectivity index (χ2n) is 5.67. The van der Waals surface area contributed by atoms with Crippen LogP contribution < -0.4 is 18.9 Å². The number of benzene rings is 2. The summed E-state index contributed by atoms with van der Waals surface area (Å²) >= 11 is 0. The molecule has 0 aliphatic carbocycles. The highest BCUT2D eigenvalue weighted by Crippen LogP contribution is 2.31. The molecule has 0 radical (unpaired) electrons. The van der Waals surface area contributed by atoms with Crippen molar-refractivity contribution in [2.75, 3.05) is 21.3 Å². The molecule has 1 atom stereocenters. The van der Waals surface area contributed by atoms with Gasteiger partial charge in [0.15, 0.2) is 29.1 Å². The first-order chi connectivity index (χ1) is 12.5. The third-order valence-electron chi connectivity index (χ3n) is 3.95. The van der Waals surface area contributed by atoms with Crippen LogP contribution in [0.5, 0.6) is 23.0 Å². The lowest BCUT2D eigenvalue weighted by Crippen LogP contribution is -2.24. The molecule has 26 heavy (non-hydrogen) atoms. The van der Waals surface area contributed by atoms with Crippen molar-refractivity contribution in [1.82, 2.24) is 0 Å². The summed E-state index contributed by atoms with van der Waals surface area (Å²) in [5, 5.41) is 0. The number of rotatable bonds is 9. The highest BCUT2D eigenvalue weighted by atomic mass is 16.5. The molecular weight excluding hydrogens is 332 g/mol. The van der Waals surface area contributed by atoms with Crippen molar-refractivity contribution >= 4 is 5.78 Å². The Balaban J connectivity index is 2.20. The Hall–Kier alpha value is -2.95. The van der Waals surface area contributed by atoms with Gasteiger partial charge in [-0.15, -0.1) is 6.58 Å². The number of allylic oxidation sites excluding steroid dienone is 1. The number of carbonyl (C=O) groups is 1. The van der Waals surface area contributed by atoms with Crippen LogP contribution in [0.2, 0.25) is 0 Å². The molecule has 0 aromatic heterocycles. The summed E-state index contributed by atoms with van der Waals surface area (Å²) in [5.41, 5.74) is 1.54. The van der Waals surface area contributed by atoms with Gasteiger partial charge in [0.25, 0.3) is 0 Å². The first kappa shape index (κ1) is 19.4. The van der Waals surface area contributed by atoms with Gasteiger partial charge in [-0.3, -0.25) is 4.79 Å². The van der Waals surface area contributed by atoms with Gasteiger partial charge in [-0.05, 0) is 49.2 Å². The molecule has 0 amide bonds. The normalized spacial score (nSPS) is 11.4. The SMILES string of the molecule is C=CCc1ccc(O[C@@H](C)C(=O)c2ccc(OC)c(OC)c2)c(OC)c1. The Bertz CT molecular complexity index is 782. The van der Waals surface area contributed by atoms with Crippen molar-refractivity contribution < 1.29 is 23.7 Å². The first-order valence-corrected chi connectivity index (χ1v) is 8.24. The van der Waals surface area contributed by atoms with Crippen LogP contribution in [0.25, 0.3) is 0 Å². The second kappa shape index (κ2) is 8.94. The van der Waals surface area contributed by atoms with Crippen LogP contribution in [0.4, 0.5) is 0 Å². The van der Waals surface area contributed by atoms with Crippen molar-refractivity contribution in [2.24, 2.45) is 0 Å². The van der Waals surface area contributed by atoms with Crippen LogP contribution in [0.1, 0.15) is 22.8 Å². The van der Waals surface area contributed by atoms with Crippen LogP contribution in [-0.2, 0) is 6.42 Å². The van der Waals surface area contributed by atoms with Gasteiger partial charge in [-0.1, -0.05) is 12.1 Å². The van der Waals surface area contributed by atoms with Crippen LogP contribution in [-0.4, -0.2) is 33.2 Å². The van der Waals surface area contributed by atoms with Crippen molar-refractivity contribution in [3.8, 4) is 23.0 Å². The van der Waals surface area contributed by atoms with Crippen molar-refractivity contribution in [2.45, 2.75) is 19.4 Å². The molecule has 0 aliphatic heterocycles. The zero-order valence-corrected chi connectivity index (χ0v) is 15.6. The standard InChI is InChI=1S/C21H24O5/c1-6-7-15-8-10-18(19(12-15)24-4)26-14(2)21(22)16-9-11-17(23-3)20(13-16)25-5/h6,8-14H,1,7H2,2-5H3/t14-/m0/s1. The molecule has 0 spiro atoms. The summed E-state index contributed by atoms with van der Waals surface area (Å²) in [4.78, 5) is 12.7. The summed E-state index contributed by atoms with van der Waals surface area (Å²) in [7, 11) is 4.65. The van der Waals surface area contributed by atoms with Crippen LogP contribution in [0.3, 0.4) is 0 Å². The smallest absolute Gasteiger partial charge is 0.203 e. The number of carbonyl (C=O) groups excluding carboxylic acids is 1. The van der Waals surface area contributed by atoms with Gasteiger partial charge in [-0.2, -0.15) is 0 Å². The highest BCUT2D eigenvalue weighted by Gasteiger charge is 2.20. The quantitative estimate of drug-likeness (QED) is 0.500. The van der Waals surface area contributed by atoms with Crippen LogP contribution in [0.15, 0.2) is 49.1 Å². The Morgan fingerprint density at radius 1 is 0.962 bits per heavy atom. The maximum Gasteiger partial charge on any atom is 0.203 e. The summed E-state index contributed by atoms with van der Waals surface area (Å²) in [5.74, 6) is 2.00.